The molecule has 0 radical (unpaired) electrons. The molecule has 1 atom stereocenters. The number of anilines is 2. The summed E-state index contributed by atoms with van der Waals surface area (Å²) in [6.07, 6.45) is 1.59. The number of carbonyl (C=O) groups excluding carboxylic acids is 2. The van der Waals surface area contributed by atoms with Gasteiger partial charge in [0.2, 0.25) is 5.91 Å². The molecule has 0 spiro atoms. The molecule has 0 unspecified atom stereocenters. The van der Waals surface area contributed by atoms with E-state index >= 15 is 0 Å². The summed E-state index contributed by atoms with van der Waals surface area (Å²) in [4.78, 5) is 29.1. The van der Waals surface area contributed by atoms with Crippen LogP contribution < -0.4 is 20.4 Å². The molecule has 0 aliphatic carbocycles. The molecule has 1 aromatic rings. The molecule has 2 heterocycles. The first-order chi connectivity index (χ1) is 12.3. The van der Waals surface area contributed by atoms with Crippen LogP contribution in [0.3, 0.4) is 0 Å². The lowest BCUT2D eigenvalue weighted by atomic mass is 9.91. The fourth-order valence-electron chi connectivity index (χ4n) is 3.60. The second-order valence-electron chi connectivity index (χ2n) is 8.47. The first kappa shape index (κ1) is 18.7. The highest BCUT2D eigenvalue weighted by Gasteiger charge is 2.31. The van der Waals surface area contributed by atoms with Crippen LogP contribution in [0.4, 0.5) is 16.2 Å². The van der Waals surface area contributed by atoms with Crippen LogP contribution in [0.1, 0.15) is 33.6 Å². The SMILES string of the molecule is CC(C)(C)CC(=O)N1CCN(C(=O)NC[C@@H]2CCNC2)c2ccccc21. The third-order valence-electron chi connectivity index (χ3n) is 4.94. The maximum absolute atomic E-state index is 12.8. The molecule has 26 heavy (non-hydrogen) atoms. The fraction of sp³-hybridized carbons (Fsp3) is 0.600. The van der Waals surface area contributed by atoms with Crippen LogP contribution in [-0.2, 0) is 4.79 Å². The molecule has 3 rings (SSSR count). The molecular formula is C20H30N4O2. The monoisotopic (exact) mass is 358 g/mol. The van der Waals surface area contributed by atoms with E-state index in [1.807, 2.05) is 29.2 Å². The summed E-state index contributed by atoms with van der Waals surface area (Å²) < 4.78 is 0. The molecule has 142 valence electrons. The van der Waals surface area contributed by atoms with E-state index in [9.17, 15) is 9.59 Å². The van der Waals surface area contributed by atoms with Crippen molar-refractivity contribution in [3.05, 3.63) is 24.3 Å². The highest BCUT2D eigenvalue weighted by atomic mass is 16.2. The topological polar surface area (TPSA) is 64.7 Å². The molecule has 0 saturated carbocycles. The maximum Gasteiger partial charge on any atom is 0.322 e. The molecule has 2 aliphatic rings. The summed E-state index contributed by atoms with van der Waals surface area (Å²) in [7, 11) is 0. The minimum atomic E-state index is -0.0766. The average Bonchev–Trinajstić information content (AvgIpc) is 3.10. The summed E-state index contributed by atoms with van der Waals surface area (Å²) in [6.45, 7) is 9.93. The predicted octanol–water partition coefficient (Wildman–Crippen LogP) is 2.59. The Bertz CT molecular complexity index is 662. The third kappa shape index (κ3) is 4.36. The van der Waals surface area contributed by atoms with Gasteiger partial charge >= 0.3 is 6.03 Å². The van der Waals surface area contributed by atoms with Gasteiger partial charge in [0.05, 0.1) is 11.4 Å². The van der Waals surface area contributed by atoms with Gasteiger partial charge in [-0.2, -0.15) is 0 Å². The Hall–Kier alpha value is -2.08. The number of fused-ring (bicyclic) bond motifs is 1. The molecule has 2 aliphatic heterocycles. The van der Waals surface area contributed by atoms with Crippen molar-refractivity contribution < 1.29 is 9.59 Å². The van der Waals surface area contributed by atoms with Gasteiger partial charge in [0.1, 0.15) is 0 Å². The summed E-state index contributed by atoms with van der Waals surface area (Å²) in [5.74, 6) is 0.617. The summed E-state index contributed by atoms with van der Waals surface area (Å²) in [6, 6.07) is 7.60. The van der Waals surface area contributed by atoms with E-state index in [4.69, 9.17) is 0 Å². The molecule has 1 saturated heterocycles. The lowest BCUT2D eigenvalue weighted by Crippen LogP contribution is -2.50. The predicted molar refractivity (Wildman–Crippen MR) is 105 cm³/mol. The minimum absolute atomic E-state index is 0.0597. The molecule has 6 heteroatoms. The van der Waals surface area contributed by atoms with E-state index in [1.54, 1.807) is 4.90 Å². The van der Waals surface area contributed by atoms with Crippen molar-refractivity contribution in [2.24, 2.45) is 11.3 Å². The first-order valence-electron chi connectivity index (χ1n) is 9.50. The van der Waals surface area contributed by atoms with Gasteiger partial charge in [-0.3, -0.25) is 9.69 Å². The van der Waals surface area contributed by atoms with Crippen LogP contribution in [0.25, 0.3) is 0 Å². The Morgan fingerprint density at radius 3 is 2.42 bits per heavy atom. The normalized spacial score (nSPS) is 20.0. The van der Waals surface area contributed by atoms with Gasteiger partial charge in [0, 0.05) is 26.1 Å². The van der Waals surface area contributed by atoms with Crippen molar-refractivity contribution in [2.75, 3.05) is 42.5 Å². The molecule has 2 N–H and O–H groups in total. The number of carbonyl (C=O) groups is 2. The number of nitrogens with zero attached hydrogens (tertiary/aromatic N) is 2. The van der Waals surface area contributed by atoms with Crippen molar-refractivity contribution in [1.82, 2.24) is 10.6 Å². The lowest BCUT2D eigenvalue weighted by Gasteiger charge is -2.37. The average molecular weight is 358 g/mol. The first-order valence-corrected chi connectivity index (χ1v) is 9.50. The maximum atomic E-state index is 12.8. The number of para-hydroxylation sites is 2. The number of hydrogen-bond donors (Lipinski definition) is 2. The van der Waals surface area contributed by atoms with Crippen LogP contribution in [0.15, 0.2) is 24.3 Å². The van der Waals surface area contributed by atoms with Gasteiger partial charge in [0.15, 0.2) is 0 Å². The minimum Gasteiger partial charge on any atom is -0.337 e. The van der Waals surface area contributed by atoms with Gasteiger partial charge in [-0.15, -0.1) is 0 Å². The van der Waals surface area contributed by atoms with Crippen molar-refractivity contribution in [2.45, 2.75) is 33.6 Å². The van der Waals surface area contributed by atoms with E-state index in [1.165, 1.54) is 0 Å². The molecule has 6 nitrogen and oxygen atoms in total. The Balaban J connectivity index is 1.72. The van der Waals surface area contributed by atoms with E-state index < -0.39 is 0 Å². The number of nitrogens with one attached hydrogen (secondary N) is 2. The zero-order chi connectivity index (χ0) is 18.7. The highest BCUT2D eigenvalue weighted by Crippen LogP contribution is 2.34. The standard InChI is InChI=1S/C20H30N4O2/c1-20(2,3)12-18(25)23-10-11-24(17-7-5-4-6-16(17)23)19(26)22-14-15-8-9-21-13-15/h4-7,15,21H,8-14H2,1-3H3,(H,22,26)/t15-/m1/s1. The third-order valence-corrected chi connectivity index (χ3v) is 4.94. The van der Waals surface area contributed by atoms with Crippen LogP contribution in [0, 0.1) is 11.3 Å². The Morgan fingerprint density at radius 2 is 1.81 bits per heavy atom. The molecule has 1 aromatic carbocycles. The Labute approximate surface area is 155 Å². The zero-order valence-electron chi connectivity index (χ0n) is 16.0. The quantitative estimate of drug-likeness (QED) is 0.873. The van der Waals surface area contributed by atoms with E-state index in [2.05, 4.69) is 31.4 Å². The fourth-order valence-corrected chi connectivity index (χ4v) is 3.60. The second-order valence-corrected chi connectivity index (χ2v) is 8.47. The summed E-state index contributed by atoms with van der Waals surface area (Å²) >= 11 is 0. The van der Waals surface area contributed by atoms with Crippen molar-refractivity contribution in [3.8, 4) is 0 Å². The molecule has 0 aromatic heterocycles. The van der Waals surface area contributed by atoms with Gasteiger partial charge in [-0.05, 0) is 43.0 Å². The van der Waals surface area contributed by atoms with Crippen molar-refractivity contribution in [3.63, 3.8) is 0 Å². The zero-order valence-corrected chi connectivity index (χ0v) is 16.0. The highest BCUT2D eigenvalue weighted by molar-refractivity contribution is 6.03. The van der Waals surface area contributed by atoms with Crippen LogP contribution >= 0.6 is 0 Å². The van der Waals surface area contributed by atoms with Crippen LogP contribution in [0.5, 0.6) is 0 Å². The second kappa shape index (κ2) is 7.66. The van der Waals surface area contributed by atoms with Crippen molar-refractivity contribution in [1.29, 1.82) is 0 Å². The molecule has 1 fully saturated rings. The molecular weight excluding hydrogens is 328 g/mol. The number of benzene rings is 1. The van der Waals surface area contributed by atoms with Crippen LogP contribution in [-0.4, -0.2) is 44.7 Å². The Morgan fingerprint density at radius 1 is 1.15 bits per heavy atom. The number of urea groups is 1. The lowest BCUT2D eigenvalue weighted by molar-refractivity contribution is -0.120. The van der Waals surface area contributed by atoms with Gasteiger partial charge in [-0.25, -0.2) is 4.79 Å². The Kier molecular flexibility index (Phi) is 5.51. The number of hydrogen-bond acceptors (Lipinski definition) is 3. The summed E-state index contributed by atoms with van der Waals surface area (Å²) in [5.41, 5.74) is 1.57. The van der Waals surface area contributed by atoms with E-state index in [-0.39, 0.29) is 17.4 Å². The molecule has 0 bridgehead atoms. The van der Waals surface area contributed by atoms with Crippen LogP contribution in [0.2, 0.25) is 0 Å². The molecule has 3 amide bonds. The van der Waals surface area contributed by atoms with Gasteiger partial charge in [0.25, 0.3) is 0 Å². The summed E-state index contributed by atoms with van der Waals surface area (Å²) in [5, 5.41) is 6.38. The van der Waals surface area contributed by atoms with Gasteiger partial charge < -0.3 is 15.5 Å². The van der Waals surface area contributed by atoms with Gasteiger partial charge in [-0.1, -0.05) is 32.9 Å². The van der Waals surface area contributed by atoms with E-state index in [0.29, 0.717) is 32.0 Å². The number of rotatable bonds is 3. The smallest absolute Gasteiger partial charge is 0.322 e. The number of amides is 3. The van der Waals surface area contributed by atoms with E-state index in [0.717, 1.165) is 30.9 Å². The van der Waals surface area contributed by atoms with Crippen molar-refractivity contribution >= 4 is 23.3 Å². The largest absolute Gasteiger partial charge is 0.337 e.